The molecule has 0 saturated carbocycles. The van der Waals surface area contributed by atoms with Gasteiger partial charge in [-0.2, -0.15) is 0 Å². The van der Waals surface area contributed by atoms with Crippen molar-refractivity contribution < 1.29 is 18.7 Å². The number of anilines is 1. The van der Waals surface area contributed by atoms with Crippen LogP contribution in [0.1, 0.15) is 16.3 Å². The zero-order valence-corrected chi connectivity index (χ0v) is 14.0. The minimum absolute atomic E-state index is 0.254. The van der Waals surface area contributed by atoms with Gasteiger partial charge in [0.2, 0.25) is 5.76 Å². The van der Waals surface area contributed by atoms with E-state index in [0.717, 1.165) is 37.7 Å². The van der Waals surface area contributed by atoms with E-state index in [1.54, 1.807) is 13.2 Å². The zero-order chi connectivity index (χ0) is 16.9. The first-order chi connectivity index (χ1) is 11.7. The van der Waals surface area contributed by atoms with Crippen molar-refractivity contribution in [1.82, 2.24) is 4.90 Å². The van der Waals surface area contributed by atoms with Crippen LogP contribution in [0.15, 0.2) is 40.8 Å². The van der Waals surface area contributed by atoms with Gasteiger partial charge in [-0.25, -0.2) is 4.79 Å². The second kappa shape index (κ2) is 7.40. The van der Waals surface area contributed by atoms with Crippen molar-refractivity contribution in [3.63, 3.8) is 0 Å². The van der Waals surface area contributed by atoms with Gasteiger partial charge < -0.3 is 18.8 Å². The fraction of sp³-hybridized carbons (Fsp3) is 0.389. The molecule has 2 heterocycles. The molecule has 1 saturated heterocycles. The second-order valence-electron chi connectivity index (χ2n) is 5.72. The standard InChI is InChI=1S/C18H22N2O4/c1-22-15-5-3-14(4-6-15)20-11-9-19(10-12-20)13-16-7-8-17(24-16)18(21)23-2/h3-8H,9-13H2,1-2H3. The molecule has 6 heteroatoms. The molecule has 1 aromatic heterocycles. The number of hydrogen-bond donors (Lipinski definition) is 0. The van der Waals surface area contributed by atoms with Crippen molar-refractivity contribution in [2.45, 2.75) is 6.54 Å². The Morgan fingerprint density at radius 3 is 2.38 bits per heavy atom. The summed E-state index contributed by atoms with van der Waals surface area (Å²) in [6, 6.07) is 11.6. The van der Waals surface area contributed by atoms with Crippen molar-refractivity contribution >= 4 is 11.7 Å². The number of furan rings is 1. The predicted octanol–water partition coefficient (Wildman–Crippen LogP) is 2.40. The number of hydrogen-bond acceptors (Lipinski definition) is 6. The highest BCUT2D eigenvalue weighted by molar-refractivity contribution is 5.86. The third-order valence-electron chi connectivity index (χ3n) is 4.24. The van der Waals surface area contributed by atoms with Crippen LogP contribution < -0.4 is 9.64 Å². The average Bonchev–Trinajstić information content (AvgIpc) is 3.10. The number of carbonyl (C=O) groups is 1. The third kappa shape index (κ3) is 3.71. The van der Waals surface area contributed by atoms with E-state index >= 15 is 0 Å². The van der Waals surface area contributed by atoms with Gasteiger partial charge in [-0.05, 0) is 36.4 Å². The lowest BCUT2D eigenvalue weighted by Crippen LogP contribution is -2.45. The topological polar surface area (TPSA) is 55.2 Å². The van der Waals surface area contributed by atoms with E-state index < -0.39 is 5.97 Å². The molecule has 3 rings (SSSR count). The summed E-state index contributed by atoms with van der Waals surface area (Å²) in [5.74, 6) is 1.47. The van der Waals surface area contributed by atoms with Crippen LogP contribution in [0.3, 0.4) is 0 Å². The van der Waals surface area contributed by atoms with Crippen LogP contribution >= 0.6 is 0 Å². The highest BCUT2D eigenvalue weighted by Crippen LogP contribution is 2.21. The van der Waals surface area contributed by atoms with Gasteiger partial charge in [-0.15, -0.1) is 0 Å². The van der Waals surface area contributed by atoms with Gasteiger partial charge in [-0.3, -0.25) is 4.90 Å². The molecule has 0 amide bonds. The number of benzene rings is 1. The summed E-state index contributed by atoms with van der Waals surface area (Å²) in [6.45, 7) is 4.50. The molecular formula is C18H22N2O4. The molecular weight excluding hydrogens is 308 g/mol. The number of piperazine rings is 1. The number of ether oxygens (including phenoxy) is 2. The number of nitrogens with zero attached hydrogens (tertiary/aromatic N) is 2. The van der Waals surface area contributed by atoms with Crippen LogP contribution in [0.5, 0.6) is 5.75 Å². The summed E-state index contributed by atoms with van der Waals surface area (Å²) in [5, 5.41) is 0. The van der Waals surface area contributed by atoms with Crippen LogP contribution in [-0.2, 0) is 11.3 Å². The molecule has 0 unspecified atom stereocenters. The van der Waals surface area contributed by atoms with Gasteiger partial charge in [0.1, 0.15) is 11.5 Å². The van der Waals surface area contributed by atoms with Crippen LogP contribution in [0, 0.1) is 0 Å². The normalized spacial score (nSPS) is 15.3. The Morgan fingerprint density at radius 2 is 1.75 bits per heavy atom. The molecule has 0 atom stereocenters. The van der Waals surface area contributed by atoms with Crippen LogP contribution in [0.25, 0.3) is 0 Å². The lowest BCUT2D eigenvalue weighted by molar-refractivity contribution is 0.0561. The maximum absolute atomic E-state index is 11.4. The Morgan fingerprint density at radius 1 is 1.04 bits per heavy atom. The van der Waals surface area contributed by atoms with E-state index in [1.807, 2.05) is 18.2 Å². The van der Waals surface area contributed by atoms with Gasteiger partial charge in [0.25, 0.3) is 0 Å². The summed E-state index contributed by atoms with van der Waals surface area (Å²) in [5.41, 5.74) is 1.21. The van der Waals surface area contributed by atoms with Gasteiger partial charge in [0, 0.05) is 31.9 Å². The second-order valence-corrected chi connectivity index (χ2v) is 5.72. The molecule has 24 heavy (non-hydrogen) atoms. The monoisotopic (exact) mass is 330 g/mol. The minimum Gasteiger partial charge on any atom is -0.497 e. The number of esters is 1. The van der Waals surface area contributed by atoms with Crippen molar-refractivity contribution in [3.05, 3.63) is 47.9 Å². The maximum atomic E-state index is 11.4. The smallest absolute Gasteiger partial charge is 0.373 e. The quantitative estimate of drug-likeness (QED) is 0.785. The first-order valence-corrected chi connectivity index (χ1v) is 7.98. The Labute approximate surface area is 141 Å². The molecule has 0 radical (unpaired) electrons. The van der Waals surface area contributed by atoms with Crippen LogP contribution in [0.2, 0.25) is 0 Å². The first kappa shape index (κ1) is 16.4. The van der Waals surface area contributed by atoms with E-state index in [9.17, 15) is 4.79 Å². The Bertz CT molecular complexity index is 673. The van der Waals surface area contributed by atoms with Crippen LogP contribution in [0.4, 0.5) is 5.69 Å². The molecule has 1 aliphatic rings. The fourth-order valence-electron chi connectivity index (χ4n) is 2.85. The molecule has 6 nitrogen and oxygen atoms in total. The van der Waals surface area contributed by atoms with E-state index in [1.165, 1.54) is 12.8 Å². The number of rotatable bonds is 5. The predicted molar refractivity (Wildman–Crippen MR) is 90.5 cm³/mol. The Balaban J connectivity index is 1.53. The summed E-state index contributed by atoms with van der Waals surface area (Å²) < 4.78 is 15.4. The maximum Gasteiger partial charge on any atom is 0.373 e. The van der Waals surface area contributed by atoms with Gasteiger partial charge >= 0.3 is 5.97 Å². The lowest BCUT2D eigenvalue weighted by atomic mass is 10.2. The minimum atomic E-state index is -0.439. The lowest BCUT2D eigenvalue weighted by Gasteiger charge is -2.35. The zero-order valence-electron chi connectivity index (χ0n) is 14.0. The molecule has 1 fully saturated rings. The van der Waals surface area contributed by atoms with Crippen molar-refractivity contribution in [2.24, 2.45) is 0 Å². The average molecular weight is 330 g/mol. The Hall–Kier alpha value is -2.47. The molecule has 0 aliphatic carbocycles. The van der Waals surface area contributed by atoms with Gasteiger partial charge in [0.15, 0.2) is 0 Å². The molecule has 2 aromatic rings. The SMILES string of the molecule is COC(=O)c1ccc(CN2CCN(c3ccc(OC)cc3)CC2)o1. The Kier molecular flexibility index (Phi) is 5.05. The number of methoxy groups -OCH3 is 2. The van der Waals surface area contributed by atoms with Crippen molar-refractivity contribution in [3.8, 4) is 5.75 Å². The largest absolute Gasteiger partial charge is 0.497 e. The highest BCUT2D eigenvalue weighted by atomic mass is 16.5. The first-order valence-electron chi connectivity index (χ1n) is 7.98. The van der Waals surface area contributed by atoms with E-state index in [4.69, 9.17) is 9.15 Å². The van der Waals surface area contributed by atoms with Crippen LogP contribution in [-0.4, -0.2) is 51.3 Å². The van der Waals surface area contributed by atoms with Crippen molar-refractivity contribution in [1.29, 1.82) is 0 Å². The number of carbonyl (C=O) groups excluding carboxylic acids is 1. The molecule has 128 valence electrons. The van der Waals surface area contributed by atoms with Gasteiger partial charge in [-0.1, -0.05) is 0 Å². The van der Waals surface area contributed by atoms with E-state index in [2.05, 4.69) is 26.7 Å². The summed E-state index contributed by atoms with van der Waals surface area (Å²) >= 11 is 0. The molecule has 0 bridgehead atoms. The molecule has 1 aliphatic heterocycles. The molecule has 0 spiro atoms. The molecule has 0 N–H and O–H groups in total. The molecule has 1 aromatic carbocycles. The van der Waals surface area contributed by atoms with E-state index in [0.29, 0.717) is 6.54 Å². The van der Waals surface area contributed by atoms with Crippen molar-refractivity contribution in [2.75, 3.05) is 45.3 Å². The fourth-order valence-corrected chi connectivity index (χ4v) is 2.85. The summed E-state index contributed by atoms with van der Waals surface area (Å²) in [6.07, 6.45) is 0. The highest BCUT2D eigenvalue weighted by Gasteiger charge is 2.19. The summed E-state index contributed by atoms with van der Waals surface area (Å²) in [4.78, 5) is 16.1. The third-order valence-corrected chi connectivity index (χ3v) is 4.24. The summed E-state index contributed by atoms with van der Waals surface area (Å²) in [7, 11) is 3.02. The van der Waals surface area contributed by atoms with E-state index in [-0.39, 0.29) is 5.76 Å². The van der Waals surface area contributed by atoms with Gasteiger partial charge in [0.05, 0.1) is 20.8 Å².